The van der Waals surface area contributed by atoms with Gasteiger partial charge in [-0.05, 0) is 30.5 Å². The molecular formula is C16H21N3O4. The Labute approximate surface area is 134 Å². The van der Waals surface area contributed by atoms with Crippen molar-refractivity contribution >= 4 is 11.9 Å². The van der Waals surface area contributed by atoms with Gasteiger partial charge in [0.2, 0.25) is 5.91 Å². The molecule has 2 aliphatic heterocycles. The lowest BCUT2D eigenvalue weighted by Crippen LogP contribution is -2.47. The predicted molar refractivity (Wildman–Crippen MR) is 83.2 cm³/mol. The van der Waals surface area contributed by atoms with E-state index in [1.54, 1.807) is 0 Å². The maximum Gasteiger partial charge on any atom is 0.314 e. The Morgan fingerprint density at radius 3 is 2.83 bits per heavy atom. The molecule has 1 aromatic carbocycles. The quantitative estimate of drug-likeness (QED) is 0.864. The minimum absolute atomic E-state index is 0.0501. The van der Waals surface area contributed by atoms with E-state index in [2.05, 4.69) is 5.32 Å². The van der Waals surface area contributed by atoms with E-state index in [-0.39, 0.29) is 11.8 Å². The first-order chi connectivity index (χ1) is 11.1. The monoisotopic (exact) mass is 319 g/mol. The Bertz CT molecular complexity index is 605. The van der Waals surface area contributed by atoms with Crippen LogP contribution >= 0.6 is 0 Å². The molecule has 1 atom stereocenters. The number of ether oxygens (including phenoxy) is 2. The van der Waals surface area contributed by atoms with Crippen LogP contribution in [0.25, 0.3) is 0 Å². The molecule has 0 unspecified atom stereocenters. The van der Waals surface area contributed by atoms with Crippen LogP contribution in [0.15, 0.2) is 18.2 Å². The number of hydrogen-bond acceptors (Lipinski definition) is 4. The molecule has 23 heavy (non-hydrogen) atoms. The van der Waals surface area contributed by atoms with E-state index in [1.807, 2.05) is 18.2 Å². The molecule has 0 saturated carbocycles. The first kappa shape index (κ1) is 15.5. The molecule has 3 rings (SSSR count). The number of urea groups is 1. The van der Waals surface area contributed by atoms with Gasteiger partial charge in [0.25, 0.3) is 0 Å². The van der Waals surface area contributed by atoms with E-state index >= 15 is 0 Å². The highest BCUT2D eigenvalue weighted by Crippen LogP contribution is 2.30. The Hall–Kier alpha value is -2.44. The number of nitrogens with zero attached hydrogens (tertiary/aromatic N) is 1. The highest BCUT2D eigenvalue weighted by atomic mass is 16.6. The van der Waals surface area contributed by atoms with Crippen LogP contribution in [0.4, 0.5) is 4.79 Å². The molecule has 0 radical (unpaired) electrons. The van der Waals surface area contributed by atoms with Gasteiger partial charge in [0.15, 0.2) is 11.5 Å². The number of primary amides is 1. The van der Waals surface area contributed by atoms with E-state index < -0.39 is 6.03 Å². The Morgan fingerprint density at radius 1 is 1.26 bits per heavy atom. The summed E-state index contributed by atoms with van der Waals surface area (Å²) in [4.78, 5) is 25.0. The third-order valence-electron chi connectivity index (χ3n) is 4.18. The number of nitrogens with one attached hydrogen (secondary N) is 1. The number of piperidine rings is 1. The van der Waals surface area contributed by atoms with Crippen molar-refractivity contribution in [3.05, 3.63) is 23.8 Å². The number of fused-ring (bicyclic) bond motifs is 1. The van der Waals surface area contributed by atoms with Gasteiger partial charge in [0.1, 0.15) is 13.2 Å². The number of hydrogen-bond donors (Lipinski definition) is 2. The SMILES string of the molecule is NC(=O)N1CCC[C@H](C(=O)NCc2ccc3c(c2)OCCO3)C1. The second-order valence-electron chi connectivity index (χ2n) is 5.82. The maximum atomic E-state index is 12.3. The van der Waals surface area contributed by atoms with E-state index in [9.17, 15) is 9.59 Å². The van der Waals surface area contributed by atoms with Gasteiger partial charge in [-0.3, -0.25) is 4.79 Å². The molecule has 0 aliphatic carbocycles. The smallest absolute Gasteiger partial charge is 0.314 e. The van der Waals surface area contributed by atoms with Crippen molar-refractivity contribution < 1.29 is 19.1 Å². The number of nitrogens with two attached hydrogens (primary N) is 1. The van der Waals surface area contributed by atoms with Crippen LogP contribution in [-0.4, -0.2) is 43.1 Å². The maximum absolute atomic E-state index is 12.3. The Morgan fingerprint density at radius 2 is 2.04 bits per heavy atom. The van der Waals surface area contributed by atoms with Gasteiger partial charge in [-0.2, -0.15) is 0 Å². The van der Waals surface area contributed by atoms with Crippen molar-refractivity contribution in [3.8, 4) is 11.5 Å². The second-order valence-corrected chi connectivity index (χ2v) is 5.82. The van der Waals surface area contributed by atoms with Gasteiger partial charge in [0.05, 0.1) is 5.92 Å². The second kappa shape index (κ2) is 6.76. The van der Waals surface area contributed by atoms with Crippen LogP contribution in [0, 0.1) is 5.92 Å². The lowest BCUT2D eigenvalue weighted by molar-refractivity contribution is -0.126. The summed E-state index contributed by atoms with van der Waals surface area (Å²) < 4.78 is 11.0. The van der Waals surface area contributed by atoms with Gasteiger partial charge >= 0.3 is 6.03 Å². The van der Waals surface area contributed by atoms with Crippen LogP contribution in [-0.2, 0) is 11.3 Å². The van der Waals surface area contributed by atoms with Gasteiger partial charge in [0, 0.05) is 19.6 Å². The van der Waals surface area contributed by atoms with Crippen LogP contribution in [0.5, 0.6) is 11.5 Å². The molecule has 1 saturated heterocycles. The standard InChI is InChI=1S/C16H21N3O4/c17-16(21)19-5-1-2-12(10-19)15(20)18-9-11-3-4-13-14(8-11)23-7-6-22-13/h3-4,8,12H,1-2,5-7,9-10H2,(H2,17,21)(H,18,20)/t12-/m0/s1. The predicted octanol–water partition coefficient (Wildman–Crippen LogP) is 0.865. The zero-order chi connectivity index (χ0) is 16.2. The molecule has 1 aromatic rings. The third-order valence-corrected chi connectivity index (χ3v) is 4.18. The summed E-state index contributed by atoms with van der Waals surface area (Å²) in [6.07, 6.45) is 1.57. The van der Waals surface area contributed by atoms with Gasteiger partial charge in [-0.25, -0.2) is 4.79 Å². The molecule has 0 aromatic heterocycles. The molecule has 124 valence electrons. The van der Waals surface area contributed by atoms with Crippen molar-refractivity contribution in [2.45, 2.75) is 19.4 Å². The molecule has 7 nitrogen and oxygen atoms in total. The molecule has 7 heteroatoms. The van der Waals surface area contributed by atoms with Crippen LogP contribution in [0.3, 0.4) is 0 Å². The van der Waals surface area contributed by atoms with Crippen molar-refractivity contribution in [1.29, 1.82) is 0 Å². The largest absolute Gasteiger partial charge is 0.486 e. The summed E-state index contributed by atoms with van der Waals surface area (Å²) in [6, 6.07) is 5.18. The van der Waals surface area contributed by atoms with E-state index in [0.717, 1.165) is 24.2 Å². The molecule has 2 heterocycles. The van der Waals surface area contributed by atoms with E-state index in [0.29, 0.717) is 38.6 Å². The van der Waals surface area contributed by atoms with Crippen molar-refractivity contribution in [1.82, 2.24) is 10.2 Å². The first-order valence-electron chi connectivity index (χ1n) is 7.84. The minimum atomic E-state index is -0.464. The topological polar surface area (TPSA) is 93.9 Å². The summed E-state index contributed by atoms with van der Waals surface area (Å²) >= 11 is 0. The average Bonchev–Trinajstić information content (AvgIpc) is 2.59. The number of benzene rings is 1. The number of amides is 3. The number of carbonyl (C=O) groups is 2. The average molecular weight is 319 g/mol. The number of likely N-dealkylation sites (tertiary alicyclic amines) is 1. The van der Waals surface area contributed by atoms with Gasteiger partial charge in [-0.15, -0.1) is 0 Å². The zero-order valence-corrected chi connectivity index (χ0v) is 12.9. The third kappa shape index (κ3) is 3.67. The van der Waals surface area contributed by atoms with Crippen LogP contribution in [0.2, 0.25) is 0 Å². The first-order valence-corrected chi connectivity index (χ1v) is 7.84. The number of carbonyl (C=O) groups excluding carboxylic acids is 2. The zero-order valence-electron chi connectivity index (χ0n) is 12.9. The Balaban J connectivity index is 1.55. The molecule has 2 aliphatic rings. The van der Waals surface area contributed by atoms with E-state index in [1.165, 1.54) is 4.90 Å². The normalized spacial score (nSPS) is 20.0. The van der Waals surface area contributed by atoms with Crippen molar-refractivity contribution in [2.75, 3.05) is 26.3 Å². The van der Waals surface area contributed by atoms with Crippen LogP contribution in [0.1, 0.15) is 18.4 Å². The molecule has 1 fully saturated rings. The molecular weight excluding hydrogens is 298 g/mol. The van der Waals surface area contributed by atoms with E-state index in [4.69, 9.17) is 15.2 Å². The summed E-state index contributed by atoms with van der Waals surface area (Å²) in [7, 11) is 0. The Kier molecular flexibility index (Phi) is 4.55. The van der Waals surface area contributed by atoms with Crippen molar-refractivity contribution in [2.24, 2.45) is 11.7 Å². The summed E-state index contributed by atoms with van der Waals surface area (Å²) in [5, 5.41) is 2.92. The summed E-state index contributed by atoms with van der Waals surface area (Å²) in [5.74, 6) is 1.19. The van der Waals surface area contributed by atoms with Gasteiger partial charge < -0.3 is 25.4 Å². The fraction of sp³-hybridized carbons (Fsp3) is 0.500. The molecule has 3 amide bonds. The lowest BCUT2D eigenvalue weighted by atomic mass is 9.97. The van der Waals surface area contributed by atoms with Gasteiger partial charge in [-0.1, -0.05) is 6.07 Å². The highest BCUT2D eigenvalue weighted by molar-refractivity contribution is 5.80. The number of rotatable bonds is 3. The van der Waals surface area contributed by atoms with Crippen LogP contribution < -0.4 is 20.5 Å². The van der Waals surface area contributed by atoms with Crippen molar-refractivity contribution in [3.63, 3.8) is 0 Å². The molecule has 0 spiro atoms. The lowest BCUT2D eigenvalue weighted by Gasteiger charge is -2.30. The fourth-order valence-corrected chi connectivity index (χ4v) is 2.92. The summed E-state index contributed by atoms with van der Waals surface area (Å²) in [5.41, 5.74) is 6.24. The summed E-state index contributed by atoms with van der Waals surface area (Å²) in [6.45, 7) is 2.53. The molecule has 0 bridgehead atoms. The minimum Gasteiger partial charge on any atom is -0.486 e. The highest BCUT2D eigenvalue weighted by Gasteiger charge is 2.27. The molecule has 3 N–H and O–H groups in total. The fourth-order valence-electron chi connectivity index (χ4n) is 2.92.